The molecule has 1 saturated heterocycles. The van der Waals surface area contributed by atoms with Crippen LogP contribution in [0.1, 0.15) is 47.5 Å². The number of likely N-dealkylation sites (tertiary alicyclic amines) is 1. The summed E-state index contributed by atoms with van der Waals surface area (Å²) in [7, 11) is 0. The van der Waals surface area contributed by atoms with Crippen molar-refractivity contribution >= 4 is 0 Å². The Morgan fingerprint density at radius 3 is 2.19 bits per heavy atom. The third-order valence-corrected chi connectivity index (χ3v) is 4.64. The standard InChI is InChI=1S/C13H25F2N/c1-6-11(4)16-8-7-12(5,10(2)3)13(14,15)9-16/h10-11H,6-9H2,1-5H3. The van der Waals surface area contributed by atoms with Gasteiger partial charge in [0.2, 0.25) is 0 Å². The van der Waals surface area contributed by atoms with Gasteiger partial charge in [0, 0.05) is 11.5 Å². The molecule has 1 aliphatic rings. The van der Waals surface area contributed by atoms with Crippen molar-refractivity contribution < 1.29 is 8.78 Å². The summed E-state index contributed by atoms with van der Waals surface area (Å²) >= 11 is 0. The second-order valence-electron chi connectivity index (χ2n) is 5.75. The van der Waals surface area contributed by atoms with Gasteiger partial charge in [-0.05, 0) is 32.2 Å². The molecule has 1 aliphatic heterocycles. The van der Waals surface area contributed by atoms with Crippen LogP contribution in [0.4, 0.5) is 8.78 Å². The fraction of sp³-hybridized carbons (Fsp3) is 1.00. The highest BCUT2D eigenvalue weighted by molar-refractivity contribution is 4.98. The monoisotopic (exact) mass is 233 g/mol. The van der Waals surface area contributed by atoms with E-state index in [9.17, 15) is 8.78 Å². The molecule has 96 valence electrons. The maximum Gasteiger partial charge on any atom is 0.266 e. The van der Waals surface area contributed by atoms with Crippen molar-refractivity contribution in [3.63, 3.8) is 0 Å². The van der Waals surface area contributed by atoms with Crippen molar-refractivity contribution in [1.82, 2.24) is 4.90 Å². The van der Waals surface area contributed by atoms with Gasteiger partial charge in [0.15, 0.2) is 0 Å². The summed E-state index contributed by atoms with van der Waals surface area (Å²) in [5.41, 5.74) is -0.836. The van der Waals surface area contributed by atoms with Crippen molar-refractivity contribution in [2.45, 2.75) is 59.4 Å². The summed E-state index contributed by atoms with van der Waals surface area (Å²) in [6.07, 6.45) is 1.54. The molecule has 1 fully saturated rings. The maximum atomic E-state index is 14.2. The lowest BCUT2D eigenvalue weighted by molar-refractivity contribution is -0.184. The summed E-state index contributed by atoms with van der Waals surface area (Å²) in [4.78, 5) is 1.93. The van der Waals surface area contributed by atoms with Crippen LogP contribution in [0.2, 0.25) is 0 Å². The Balaban J connectivity index is 2.80. The molecule has 0 spiro atoms. The molecule has 0 bridgehead atoms. The summed E-state index contributed by atoms with van der Waals surface area (Å²) in [5.74, 6) is -2.54. The molecular weight excluding hydrogens is 208 g/mol. The molecule has 0 aromatic heterocycles. The van der Waals surface area contributed by atoms with E-state index in [0.29, 0.717) is 6.42 Å². The highest BCUT2D eigenvalue weighted by Crippen LogP contribution is 2.48. The van der Waals surface area contributed by atoms with Gasteiger partial charge in [-0.25, -0.2) is 8.78 Å². The number of hydrogen-bond acceptors (Lipinski definition) is 1. The van der Waals surface area contributed by atoms with Gasteiger partial charge in [-0.15, -0.1) is 0 Å². The van der Waals surface area contributed by atoms with Gasteiger partial charge in [0.05, 0.1) is 6.54 Å². The van der Waals surface area contributed by atoms with Crippen molar-refractivity contribution in [2.24, 2.45) is 11.3 Å². The van der Waals surface area contributed by atoms with Gasteiger partial charge in [-0.2, -0.15) is 0 Å². The normalized spacial score (nSPS) is 33.0. The first kappa shape index (κ1) is 13.9. The Hall–Kier alpha value is -0.180. The summed E-state index contributed by atoms with van der Waals surface area (Å²) in [6, 6.07) is 0.266. The lowest BCUT2D eigenvalue weighted by Crippen LogP contribution is -2.58. The molecule has 2 atom stereocenters. The zero-order chi connectivity index (χ0) is 12.6. The highest BCUT2D eigenvalue weighted by Gasteiger charge is 2.55. The van der Waals surface area contributed by atoms with E-state index in [4.69, 9.17) is 0 Å². The Morgan fingerprint density at radius 2 is 1.81 bits per heavy atom. The first-order valence-corrected chi connectivity index (χ1v) is 6.36. The number of alkyl halides is 2. The van der Waals surface area contributed by atoms with E-state index in [0.717, 1.165) is 13.0 Å². The molecule has 16 heavy (non-hydrogen) atoms. The predicted molar refractivity (Wildman–Crippen MR) is 63.8 cm³/mol. The molecular formula is C13H25F2N. The third-order valence-electron chi connectivity index (χ3n) is 4.64. The second kappa shape index (κ2) is 4.59. The lowest BCUT2D eigenvalue weighted by Gasteiger charge is -2.49. The fourth-order valence-electron chi connectivity index (χ4n) is 2.42. The zero-order valence-corrected chi connectivity index (χ0v) is 11.2. The van der Waals surface area contributed by atoms with Crippen LogP contribution < -0.4 is 0 Å². The van der Waals surface area contributed by atoms with Crippen LogP contribution in [-0.4, -0.2) is 30.0 Å². The maximum absolute atomic E-state index is 14.2. The van der Waals surface area contributed by atoms with E-state index >= 15 is 0 Å². The smallest absolute Gasteiger partial charge is 0.266 e. The van der Waals surface area contributed by atoms with Gasteiger partial charge in [-0.3, -0.25) is 4.90 Å². The van der Waals surface area contributed by atoms with Crippen LogP contribution in [0.15, 0.2) is 0 Å². The summed E-state index contributed by atoms with van der Waals surface area (Å²) < 4.78 is 28.4. The van der Waals surface area contributed by atoms with E-state index in [1.807, 2.05) is 25.7 Å². The largest absolute Gasteiger partial charge is 0.295 e. The molecule has 0 saturated carbocycles. The van der Waals surface area contributed by atoms with Gasteiger partial charge in [-0.1, -0.05) is 27.7 Å². The van der Waals surface area contributed by atoms with Gasteiger partial charge < -0.3 is 0 Å². The van der Waals surface area contributed by atoms with Crippen LogP contribution >= 0.6 is 0 Å². The third kappa shape index (κ3) is 2.24. The Morgan fingerprint density at radius 1 is 1.25 bits per heavy atom. The van der Waals surface area contributed by atoms with Gasteiger partial charge in [0.1, 0.15) is 0 Å². The highest BCUT2D eigenvalue weighted by atomic mass is 19.3. The molecule has 0 amide bonds. The lowest BCUT2D eigenvalue weighted by atomic mass is 9.69. The second-order valence-corrected chi connectivity index (χ2v) is 5.75. The number of halogens is 2. The van der Waals surface area contributed by atoms with Crippen LogP contribution in [0.5, 0.6) is 0 Å². The van der Waals surface area contributed by atoms with E-state index in [-0.39, 0.29) is 18.5 Å². The van der Waals surface area contributed by atoms with Crippen LogP contribution in [0.3, 0.4) is 0 Å². The SMILES string of the molecule is CCC(C)N1CCC(C)(C(C)C)C(F)(F)C1. The van der Waals surface area contributed by atoms with E-state index < -0.39 is 11.3 Å². The van der Waals surface area contributed by atoms with Gasteiger partial charge in [0.25, 0.3) is 5.92 Å². The van der Waals surface area contributed by atoms with Crippen molar-refractivity contribution in [2.75, 3.05) is 13.1 Å². The summed E-state index contributed by atoms with van der Waals surface area (Å²) in [5, 5.41) is 0. The fourth-order valence-corrected chi connectivity index (χ4v) is 2.42. The average Bonchev–Trinajstić information content (AvgIpc) is 2.20. The van der Waals surface area contributed by atoms with Crippen molar-refractivity contribution in [3.8, 4) is 0 Å². The Kier molecular flexibility index (Phi) is 3.99. The minimum Gasteiger partial charge on any atom is -0.295 e. The quantitative estimate of drug-likeness (QED) is 0.717. The molecule has 0 aliphatic carbocycles. The molecule has 1 rings (SSSR count). The molecule has 0 radical (unpaired) electrons. The van der Waals surface area contributed by atoms with Crippen molar-refractivity contribution in [3.05, 3.63) is 0 Å². The number of piperidine rings is 1. The van der Waals surface area contributed by atoms with Crippen LogP contribution in [0, 0.1) is 11.3 Å². The summed E-state index contributed by atoms with van der Waals surface area (Å²) in [6.45, 7) is 10.4. The topological polar surface area (TPSA) is 3.24 Å². The molecule has 0 aromatic rings. The van der Waals surface area contributed by atoms with E-state index in [1.165, 1.54) is 0 Å². The first-order chi connectivity index (χ1) is 7.24. The number of nitrogens with zero attached hydrogens (tertiary/aromatic N) is 1. The molecule has 1 heterocycles. The van der Waals surface area contributed by atoms with E-state index in [1.54, 1.807) is 6.92 Å². The molecule has 2 unspecified atom stereocenters. The Labute approximate surface area is 98.2 Å². The molecule has 3 heteroatoms. The number of rotatable bonds is 3. The molecule has 1 nitrogen and oxygen atoms in total. The minimum absolute atomic E-state index is 0.0292. The zero-order valence-electron chi connectivity index (χ0n) is 11.2. The van der Waals surface area contributed by atoms with Gasteiger partial charge >= 0.3 is 0 Å². The average molecular weight is 233 g/mol. The molecule has 0 aromatic carbocycles. The van der Waals surface area contributed by atoms with E-state index in [2.05, 4.69) is 6.92 Å². The molecule has 0 N–H and O–H groups in total. The first-order valence-electron chi connectivity index (χ1n) is 6.36. The Bertz CT molecular complexity index is 240. The van der Waals surface area contributed by atoms with Crippen molar-refractivity contribution in [1.29, 1.82) is 0 Å². The van der Waals surface area contributed by atoms with Crippen LogP contribution in [-0.2, 0) is 0 Å². The minimum atomic E-state index is -2.57. The van der Waals surface area contributed by atoms with Crippen LogP contribution in [0.25, 0.3) is 0 Å². The predicted octanol–water partition coefficient (Wildman–Crippen LogP) is 3.79. The number of hydrogen-bond donors (Lipinski definition) is 0.